The molecule has 1 aliphatic rings. The van der Waals surface area contributed by atoms with Gasteiger partial charge in [-0.1, -0.05) is 0 Å². The first-order chi connectivity index (χ1) is 6.74. The molecule has 1 aliphatic heterocycles. The van der Waals surface area contributed by atoms with Gasteiger partial charge in [-0.2, -0.15) is 5.26 Å². The van der Waals surface area contributed by atoms with Crippen molar-refractivity contribution in [1.29, 1.82) is 5.26 Å². The third-order valence-electron chi connectivity index (χ3n) is 1.96. The van der Waals surface area contributed by atoms with E-state index >= 15 is 0 Å². The van der Waals surface area contributed by atoms with E-state index in [2.05, 4.69) is 0 Å². The van der Waals surface area contributed by atoms with E-state index in [0.29, 0.717) is 5.75 Å². The zero-order valence-corrected chi connectivity index (χ0v) is 7.10. The van der Waals surface area contributed by atoms with E-state index in [9.17, 15) is 0 Å². The summed E-state index contributed by atoms with van der Waals surface area (Å²) in [6.45, 7) is 0.0317. The van der Waals surface area contributed by atoms with Gasteiger partial charge >= 0.3 is 7.12 Å². The lowest BCUT2D eigenvalue weighted by atomic mass is 9.76. The molecule has 0 spiro atoms. The second-order valence-electron chi connectivity index (χ2n) is 2.75. The SMILES string of the molecule is N#Cc1ccc2c(c1B(O)O)OCO2. The molecule has 70 valence electrons. The van der Waals surface area contributed by atoms with Crippen LogP contribution < -0.4 is 14.9 Å². The van der Waals surface area contributed by atoms with Crippen LogP contribution in [-0.4, -0.2) is 24.0 Å². The molecule has 0 unspecified atom stereocenters. The molecule has 2 rings (SSSR count). The lowest BCUT2D eigenvalue weighted by molar-refractivity contribution is 0.174. The van der Waals surface area contributed by atoms with E-state index < -0.39 is 7.12 Å². The molecule has 0 bridgehead atoms. The highest BCUT2D eigenvalue weighted by Gasteiger charge is 2.28. The first-order valence-corrected chi connectivity index (χ1v) is 3.92. The second-order valence-corrected chi connectivity index (χ2v) is 2.75. The molecule has 0 amide bonds. The third-order valence-corrected chi connectivity index (χ3v) is 1.96. The summed E-state index contributed by atoms with van der Waals surface area (Å²) in [6.07, 6.45) is 0. The lowest BCUT2D eigenvalue weighted by Gasteiger charge is -2.05. The maximum atomic E-state index is 9.07. The molecule has 0 radical (unpaired) electrons. The molecule has 5 nitrogen and oxygen atoms in total. The van der Waals surface area contributed by atoms with Crippen molar-refractivity contribution >= 4 is 12.6 Å². The van der Waals surface area contributed by atoms with E-state index in [1.807, 2.05) is 6.07 Å². The van der Waals surface area contributed by atoms with Gasteiger partial charge in [-0.3, -0.25) is 0 Å². The van der Waals surface area contributed by atoms with Gasteiger partial charge in [0.15, 0.2) is 11.5 Å². The Morgan fingerprint density at radius 1 is 1.36 bits per heavy atom. The zero-order valence-electron chi connectivity index (χ0n) is 7.10. The molecular formula is C8H6BNO4. The topological polar surface area (TPSA) is 82.7 Å². The summed E-state index contributed by atoms with van der Waals surface area (Å²) in [5.41, 5.74) is 0.228. The summed E-state index contributed by atoms with van der Waals surface area (Å²) in [7, 11) is -1.73. The number of rotatable bonds is 1. The average molecular weight is 191 g/mol. The first kappa shape index (κ1) is 8.87. The Bertz CT molecular complexity index is 413. The van der Waals surface area contributed by atoms with Crippen LogP contribution in [0.2, 0.25) is 0 Å². The van der Waals surface area contributed by atoms with Gasteiger partial charge in [-0.25, -0.2) is 0 Å². The fraction of sp³-hybridized carbons (Fsp3) is 0.125. The van der Waals surface area contributed by atoms with Crippen LogP contribution in [0.1, 0.15) is 5.56 Å². The van der Waals surface area contributed by atoms with Crippen molar-refractivity contribution in [2.24, 2.45) is 0 Å². The molecule has 0 fully saturated rings. The van der Waals surface area contributed by atoms with Crippen molar-refractivity contribution < 1.29 is 19.5 Å². The van der Waals surface area contributed by atoms with Crippen molar-refractivity contribution in [2.75, 3.05) is 6.79 Å². The second kappa shape index (κ2) is 3.22. The molecular weight excluding hydrogens is 185 g/mol. The van der Waals surface area contributed by atoms with Crippen LogP contribution >= 0.6 is 0 Å². The molecule has 6 heteroatoms. The van der Waals surface area contributed by atoms with Gasteiger partial charge in [0.2, 0.25) is 6.79 Å². The Morgan fingerprint density at radius 2 is 2.14 bits per heavy atom. The number of fused-ring (bicyclic) bond motifs is 1. The summed E-state index contributed by atoms with van der Waals surface area (Å²) in [4.78, 5) is 0. The number of hydrogen-bond donors (Lipinski definition) is 2. The molecule has 0 atom stereocenters. The number of hydrogen-bond acceptors (Lipinski definition) is 5. The highest BCUT2D eigenvalue weighted by molar-refractivity contribution is 6.60. The van der Waals surface area contributed by atoms with Crippen LogP contribution in [0.3, 0.4) is 0 Å². The summed E-state index contributed by atoms with van der Waals surface area (Å²) >= 11 is 0. The van der Waals surface area contributed by atoms with E-state index in [-0.39, 0.29) is 23.6 Å². The van der Waals surface area contributed by atoms with Crippen LogP contribution in [0.15, 0.2) is 12.1 Å². The van der Waals surface area contributed by atoms with E-state index in [1.165, 1.54) is 6.07 Å². The summed E-state index contributed by atoms with van der Waals surface area (Å²) in [5.74, 6) is 0.658. The van der Waals surface area contributed by atoms with Crippen LogP contribution in [0.5, 0.6) is 11.5 Å². The fourth-order valence-corrected chi connectivity index (χ4v) is 1.35. The highest BCUT2D eigenvalue weighted by atomic mass is 16.7. The van der Waals surface area contributed by atoms with Crippen molar-refractivity contribution in [3.8, 4) is 17.6 Å². The van der Waals surface area contributed by atoms with E-state index in [1.54, 1.807) is 6.07 Å². The van der Waals surface area contributed by atoms with Crippen LogP contribution in [0.4, 0.5) is 0 Å². The normalized spacial score (nSPS) is 12.4. The van der Waals surface area contributed by atoms with Crippen molar-refractivity contribution in [2.45, 2.75) is 0 Å². The van der Waals surface area contributed by atoms with Crippen molar-refractivity contribution in [1.82, 2.24) is 0 Å². The molecule has 1 heterocycles. The highest BCUT2D eigenvalue weighted by Crippen LogP contribution is 2.30. The Hall–Kier alpha value is -1.71. The molecule has 0 aliphatic carbocycles. The number of benzene rings is 1. The Balaban J connectivity index is 2.64. The summed E-state index contributed by atoms with van der Waals surface area (Å²) < 4.78 is 10.1. The van der Waals surface area contributed by atoms with Gasteiger partial charge < -0.3 is 19.5 Å². The molecule has 1 aromatic rings. The molecule has 14 heavy (non-hydrogen) atoms. The van der Waals surface area contributed by atoms with Gasteiger partial charge in [-0.15, -0.1) is 0 Å². The Morgan fingerprint density at radius 3 is 2.79 bits per heavy atom. The molecule has 1 aromatic carbocycles. The Kier molecular flexibility index (Phi) is 2.04. The fourth-order valence-electron chi connectivity index (χ4n) is 1.35. The summed E-state index contributed by atoms with van der Waals surface area (Å²) in [6, 6.07) is 4.87. The Labute approximate surface area is 80.3 Å². The molecule has 0 saturated carbocycles. The summed E-state index contributed by atoms with van der Waals surface area (Å²) in [5, 5.41) is 26.9. The van der Waals surface area contributed by atoms with Gasteiger partial charge in [0.1, 0.15) is 0 Å². The zero-order chi connectivity index (χ0) is 10.1. The number of nitrogens with zero attached hydrogens (tertiary/aromatic N) is 1. The van der Waals surface area contributed by atoms with E-state index in [0.717, 1.165) is 0 Å². The van der Waals surface area contributed by atoms with Gasteiger partial charge in [-0.05, 0) is 12.1 Å². The number of nitriles is 1. The lowest BCUT2D eigenvalue weighted by Crippen LogP contribution is -2.33. The average Bonchev–Trinajstić information content (AvgIpc) is 2.62. The van der Waals surface area contributed by atoms with Gasteiger partial charge in [0.05, 0.1) is 11.6 Å². The predicted molar refractivity (Wildman–Crippen MR) is 47.1 cm³/mol. The standard InChI is InChI=1S/C8H6BNO4/c10-3-5-1-2-6-8(14-4-13-6)7(5)9(11)12/h1-2,11-12H,4H2. The number of ether oxygens (including phenoxy) is 2. The molecule has 0 saturated heterocycles. The van der Waals surface area contributed by atoms with Gasteiger partial charge in [0.25, 0.3) is 0 Å². The minimum atomic E-state index is -1.73. The largest absolute Gasteiger partial charge is 0.493 e. The van der Waals surface area contributed by atoms with Crippen molar-refractivity contribution in [3.63, 3.8) is 0 Å². The maximum Gasteiger partial charge on any atom is 0.493 e. The first-order valence-electron chi connectivity index (χ1n) is 3.92. The minimum Gasteiger partial charge on any atom is -0.454 e. The van der Waals surface area contributed by atoms with Crippen molar-refractivity contribution in [3.05, 3.63) is 17.7 Å². The minimum absolute atomic E-state index is 0.0317. The van der Waals surface area contributed by atoms with E-state index in [4.69, 9.17) is 24.8 Å². The van der Waals surface area contributed by atoms with Crippen LogP contribution in [0.25, 0.3) is 0 Å². The molecule has 2 N–H and O–H groups in total. The maximum absolute atomic E-state index is 9.07. The smallest absolute Gasteiger partial charge is 0.454 e. The monoisotopic (exact) mass is 191 g/mol. The third kappa shape index (κ3) is 1.19. The quantitative estimate of drug-likeness (QED) is 0.554. The van der Waals surface area contributed by atoms with Crippen LogP contribution in [0, 0.1) is 11.3 Å². The predicted octanol–water partition coefficient (Wildman–Crippen LogP) is -1.03. The van der Waals surface area contributed by atoms with Crippen LogP contribution in [-0.2, 0) is 0 Å². The molecule has 0 aromatic heterocycles. The van der Waals surface area contributed by atoms with Gasteiger partial charge in [0, 0.05) is 5.46 Å².